The molecule has 1 aromatic carbocycles. The van der Waals surface area contributed by atoms with Gasteiger partial charge < -0.3 is 20.1 Å². The van der Waals surface area contributed by atoms with Crippen molar-refractivity contribution < 1.29 is 34.4 Å². The highest BCUT2D eigenvalue weighted by atomic mass is 16.5. The lowest BCUT2D eigenvalue weighted by Gasteiger charge is -2.60. The molecule has 36 heavy (non-hydrogen) atoms. The monoisotopic (exact) mass is 496 g/mol. The topological polar surface area (TPSA) is 121 Å². The van der Waals surface area contributed by atoms with Crippen LogP contribution in [0.1, 0.15) is 87.6 Å². The number of methoxy groups -OCH3 is 1. The van der Waals surface area contributed by atoms with Crippen molar-refractivity contribution in [3.8, 4) is 17.2 Å². The molecular weight excluding hydrogens is 460 g/mol. The van der Waals surface area contributed by atoms with Gasteiger partial charge in [0.15, 0.2) is 17.3 Å². The van der Waals surface area contributed by atoms with Gasteiger partial charge in [0.2, 0.25) is 5.75 Å². The molecule has 0 aliphatic heterocycles. The molecule has 7 atom stereocenters. The van der Waals surface area contributed by atoms with Crippen LogP contribution in [0.5, 0.6) is 17.2 Å². The van der Waals surface area contributed by atoms with Gasteiger partial charge in [0.25, 0.3) is 0 Å². The normalized spacial score (nSPS) is 37.4. The van der Waals surface area contributed by atoms with Crippen molar-refractivity contribution in [2.75, 3.05) is 7.11 Å². The second-order valence-corrected chi connectivity index (χ2v) is 11.9. The Balaban J connectivity index is 1.65. The van der Waals surface area contributed by atoms with Gasteiger partial charge in [0, 0.05) is 23.8 Å². The molecule has 4 aliphatic rings. The molecule has 0 spiro atoms. The molecule has 0 bridgehead atoms. The van der Waals surface area contributed by atoms with Crippen LogP contribution in [0.2, 0.25) is 0 Å². The minimum atomic E-state index is -0.744. The Kier molecular flexibility index (Phi) is 5.77. The Bertz CT molecular complexity index is 1180. The fourth-order valence-corrected chi connectivity index (χ4v) is 9.00. The predicted octanol–water partition coefficient (Wildman–Crippen LogP) is 5.02. The highest BCUT2D eigenvalue weighted by molar-refractivity contribution is 5.96. The summed E-state index contributed by atoms with van der Waals surface area (Å²) < 4.78 is 4.95. The van der Waals surface area contributed by atoms with Gasteiger partial charge in [-0.05, 0) is 86.2 Å². The van der Waals surface area contributed by atoms with Crippen molar-refractivity contribution in [1.29, 1.82) is 0 Å². The number of hydrogen-bond acceptors (Lipinski definition) is 7. The van der Waals surface area contributed by atoms with Crippen molar-refractivity contribution in [1.82, 2.24) is 0 Å². The summed E-state index contributed by atoms with van der Waals surface area (Å²) in [6.07, 6.45) is 7.27. The van der Waals surface area contributed by atoms with Crippen LogP contribution in [0.15, 0.2) is 17.7 Å². The van der Waals surface area contributed by atoms with Crippen LogP contribution in [-0.4, -0.2) is 40.0 Å². The van der Waals surface area contributed by atoms with E-state index in [0.29, 0.717) is 11.8 Å². The van der Waals surface area contributed by atoms with Crippen LogP contribution >= 0.6 is 0 Å². The van der Waals surface area contributed by atoms with Crippen molar-refractivity contribution >= 4 is 17.5 Å². The van der Waals surface area contributed by atoms with E-state index in [1.165, 1.54) is 7.11 Å². The summed E-state index contributed by atoms with van der Waals surface area (Å²) in [5.41, 5.74) is 0.598. The van der Waals surface area contributed by atoms with E-state index in [-0.39, 0.29) is 46.4 Å². The number of phenols is 3. The van der Waals surface area contributed by atoms with Crippen molar-refractivity contribution in [3.63, 3.8) is 0 Å². The average molecular weight is 497 g/mol. The Morgan fingerprint density at radius 1 is 1.03 bits per heavy atom. The molecule has 7 nitrogen and oxygen atoms in total. The zero-order chi connectivity index (χ0) is 26.2. The maximum Gasteiger partial charge on any atom is 0.338 e. The van der Waals surface area contributed by atoms with Gasteiger partial charge in [0.1, 0.15) is 5.78 Å². The number of carbonyl (C=O) groups is 3. The van der Waals surface area contributed by atoms with Crippen LogP contribution in [0.3, 0.4) is 0 Å². The van der Waals surface area contributed by atoms with Crippen LogP contribution in [0.4, 0.5) is 0 Å². The Hall–Kier alpha value is -2.83. The largest absolute Gasteiger partial charge is 0.504 e. The molecule has 3 N–H and O–H groups in total. The molecule has 0 heterocycles. The number of ether oxygens (including phenoxy) is 1. The molecule has 3 saturated carbocycles. The molecular formula is C29H36O7. The van der Waals surface area contributed by atoms with E-state index in [9.17, 15) is 29.7 Å². The summed E-state index contributed by atoms with van der Waals surface area (Å²) in [6, 6.07) is 1.12. The van der Waals surface area contributed by atoms with Crippen molar-refractivity contribution in [2.24, 2.45) is 34.5 Å². The molecule has 0 aromatic heterocycles. The average Bonchev–Trinajstić information content (AvgIpc) is 3.19. The van der Waals surface area contributed by atoms with E-state index < -0.39 is 34.6 Å². The van der Waals surface area contributed by atoms with Gasteiger partial charge in [0.05, 0.1) is 12.7 Å². The molecule has 7 heteroatoms. The third kappa shape index (κ3) is 3.27. The first kappa shape index (κ1) is 24.8. The fraction of sp³-hybridized carbons (Fsp3) is 0.621. The lowest BCUT2D eigenvalue weighted by Crippen LogP contribution is -2.53. The molecule has 0 saturated heterocycles. The van der Waals surface area contributed by atoms with Gasteiger partial charge in [-0.1, -0.05) is 19.4 Å². The summed E-state index contributed by atoms with van der Waals surface area (Å²) in [5, 5.41) is 31.6. The van der Waals surface area contributed by atoms with E-state index in [2.05, 4.69) is 13.8 Å². The number of hydrogen-bond donors (Lipinski definition) is 3. The second-order valence-electron chi connectivity index (χ2n) is 11.9. The lowest BCUT2D eigenvalue weighted by atomic mass is 9.44. The molecule has 5 rings (SSSR count). The summed E-state index contributed by atoms with van der Waals surface area (Å²) in [5.74, 6) is -1.95. The summed E-state index contributed by atoms with van der Waals surface area (Å²) in [4.78, 5) is 38.2. The first-order valence-corrected chi connectivity index (χ1v) is 13.1. The second kappa shape index (κ2) is 8.35. The molecule has 4 aliphatic carbocycles. The number of allylic oxidation sites excluding steroid dienone is 1. The lowest BCUT2D eigenvalue weighted by molar-refractivity contribution is -0.129. The Labute approximate surface area is 211 Å². The number of esters is 1. The van der Waals surface area contributed by atoms with E-state index >= 15 is 0 Å². The molecule has 1 aromatic rings. The zero-order valence-corrected chi connectivity index (χ0v) is 21.5. The SMILES string of the molecule is COC(=O)c1cc(O)c(O)c(O)c1C1CC(=O)C=C2CC[C@H]3[C@@H]4CC[C@H](C(C)=O)[C@@]4(C)CC[C@@H]3[C@@]21C. The number of phenolic OH excluding ortho intramolecular Hbond substituents is 3. The number of fused-ring (bicyclic) bond motifs is 5. The minimum Gasteiger partial charge on any atom is -0.504 e. The smallest absolute Gasteiger partial charge is 0.338 e. The first-order chi connectivity index (χ1) is 16.9. The number of rotatable bonds is 3. The third-order valence-corrected chi connectivity index (χ3v) is 10.6. The number of carbonyl (C=O) groups excluding carboxylic acids is 3. The third-order valence-electron chi connectivity index (χ3n) is 10.6. The molecule has 0 radical (unpaired) electrons. The van der Waals surface area contributed by atoms with Crippen molar-refractivity contribution in [3.05, 3.63) is 28.8 Å². The number of aromatic hydroxyl groups is 3. The van der Waals surface area contributed by atoms with Crippen molar-refractivity contribution in [2.45, 2.75) is 71.6 Å². The summed E-state index contributed by atoms with van der Waals surface area (Å²) >= 11 is 0. The van der Waals surface area contributed by atoms with Gasteiger partial charge in [-0.15, -0.1) is 0 Å². The van der Waals surface area contributed by atoms with Crippen LogP contribution in [-0.2, 0) is 14.3 Å². The fourth-order valence-electron chi connectivity index (χ4n) is 9.00. The van der Waals surface area contributed by atoms with Crippen LogP contribution < -0.4 is 0 Å². The van der Waals surface area contributed by atoms with Gasteiger partial charge in [-0.2, -0.15) is 0 Å². The maximum atomic E-state index is 12.9. The van der Waals surface area contributed by atoms with Gasteiger partial charge in [-0.3, -0.25) is 9.59 Å². The van der Waals surface area contributed by atoms with E-state index in [1.807, 2.05) is 0 Å². The number of ketones is 2. The van der Waals surface area contributed by atoms with Crippen LogP contribution in [0.25, 0.3) is 0 Å². The first-order valence-electron chi connectivity index (χ1n) is 13.1. The number of Topliss-reactive ketones (excluding diaryl/α,β-unsaturated/α-hetero) is 1. The maximum absolute atomic E-state index is 12.9. The minimum absolute atomic E-state index is 0.0271. The highest BCUT2D eigenvalue weighted by Gasteiger charge is 2.62. The quantitative estimate of drug-likeness (QED) is 0.397. The van der Waals surface area contributed by atoms with Gasteiger partial charge >= 0.3 is 5.97 Å². The Morgan fingerprint density at radius 3 is 2.42 bits per heavy atom. The van der Waals surface area contributed by atoms with E-state index in [0.717, 1.165) is 50.2 Å². The highest BCUT2D eigenvalue weighted by Crippen LogP contribution is 2.69. The van der Waals surface area contributed by atoms with Crippen LogP contribution in [0, 0.1) is 34.5 Å². The molecule has 194 valence electrons. The zero-order valence-electron chi connectivity index (χ0n) is 21.5. The predicted molar refractivity (Wildman–Crippen MR) is 132 cm³/mol. The molecule has 1 unspecified atom stereocenters. The number of benzene rings is 1. The standard InChI is InChI=1S/C29H36O7/c1-14(30)19-7-8-20-17-6-5-15-11-16(31)12-22(29(15,3)21(17)9-10-28(19,20)2)24-18(27(35)36-4)13-23(32)25(33)26(24)34/h11,13,17,19-22,32-34H,5-10,12H2,1-4H3/t17-,19+,20-,21-,22?,28+,29+/m0/s1. The molecule has 0 amide bonds. The summed E-state index contributed by atoms with van der Waals surface area (Å²) in [6.45, 7) is 6.13. The van der Waals surface area contributed by atoms with Gasteiger partial charge in [-0.25, -0.2) is 4.79 Å². The van der Waals surface area contributed by atoms with E-state index in [4.69, 9.17) is 4.74 Å². The summed E-state index contributed by atoms with van der Waals surface area (Å²) in [7, 11) is 1.22. The molecule has 3 fully saturated rings. The van der Waals surface area contributed by atoms with E-state index in [1.54, 1.807) is 13.0 Å². The Morgan fingerprint density at radius 2 is 1.75 bits per heavy atom.